The first-order valence-electron chi connectivity index (χ1n) is 12.2. The smallest absolute Gasteiger partial charge is 0.227 e. The van der Waals surface area contributed by atoms with Gasteiger partial charge < -0.3 is 19.3 Å². The maximum Gasteiger partial charge on any atom is 0.227 e. The predicted molar refractivity (Wildman–Crippen MR) is 139 cm³/mol. The Morgan fingerprint density at radius 1 is 1.09 bits per heavy atom. The highest BCUT2D eigenvalue weighted by Crippen LogP contribution is 2.33. The van der Waals surface area contributed by atoms with Gasteiger partial charge in [-0.15, -0.1) is 6.58 Å². The van der Waals surface area contributed by atoms with Crippen LogP contribution in [0.25, 0.3) is 5.69 Å². The second kappa shape index (κ2) is 13.7. The van der Waals surface area contributed by atoms with Gasteiger partial charge >= 0.3 is 0 Å². The van der Waals surface area contributed by atoms with Gasteiger partial charge in [-0.1, -0.05) is 38.1 Å². The van der Waals surface area contributed by atoms with Crippen molar-refractivity contribution in [2.75, 3.05) is 33.4 Å². The molecule has 3 rings (SSSR count). The van der Waals surface area contributed by atoms with Crippen molar-refractivity contribution in [1.82, 2.24) is 14.7 Å². The summed E-state index contributed by atoms with van der Waals surface area (Å²) in [5, 5.41) is 15.5. The summed E-state index contributed by atoms with van der Waals surface area (Å²) in [5.41, 5.74) is 2.91. The van der Waals surface area contributed by atoms with Crippen LogP contribution in [0.4, 0.5) is 0 Å². The van der Waals surface area contributed by atoms with Crippen LogP contribution in [0.3, 0.4) is 0 Å². The Kier molecular flexibility index (Phi) is 10.3. The molecular formula is C28H37N3O4. The molecule has 0 spiro atoms. The molecule has 0 aliphatic carbocycles. The fraction of sp³-hybridized carbons (Fsp3) is 0.393. The number of hydrogen-bond donors (Lipinski definition) is 1. The van der Waals surface area contributed by atoms with E-state index in [1.54, 1.807) is 13.2 Å². The lowest BCUT2D eigenvalue weighted by molar-refractivity contribution is 0.0244. The van der Waals surface area contributed by atoms with Crippen molar-refractivity contribution in [3.63, 3.8) is 0 Å². The second-order valence-corrected chi connectivity index (χ2v) is 8.32. The van der Waals surface area contributed by atoms with Crippen LogP contribution >= 0.6 is 0 Å². The molecule has 0 bridgehead atoms. The first kappa shape index (κ1) is 26.5. The molecule has 188 valence electrons. The van der Waals surface area contributed by atoms with E-state index >= 15 is 0 Å². The summed E-state index contributed by atoms with van der Waals surface area (Å²) in [6.45, 7) is 10.5. The van der Waals surface area contributed by atoms with Crippen LogP contribution in [0.5, 0.6) is 17.4 Å². The average Bonchev–Trinajstić information content (AvgIpc) is 3.22. The number of ether oxygens (including phenoxy) is 3. The van der Waals surface area contributed by atoms with Gasteiger partial charge in [0.2, 0.25) is 5.88 Å². The number of nitrogens with zero attached hydrogens (tertiary/aromatic N) is 3. The molecule has 7 nitrogen and oxygen atoms in total. The van der Waals surface area contributed by atoms with Gasteiger partial charge in [0.1, 0.15) is 11.5 Å². The van der Waals surface area contributed by atoms with Crippen LogP contribution in [0, 0.1) is 0 Å². The molecule has 1 heterocycles. The van der Waals surface area contributed by atoms with Gasteiger partial charge in [0.25, 0.3) is 0 Å². The minimum Gasteiger partial charge on any atom is -0.497 e. The van der Waals surface area contributed by atoms with Crippen molar-refractivity contribution < 1.29 is 19.3 Å². The first-order chi connectivity index (χ1) is 17.1. The zero-order chi connectivity index (χ0) is 25.0. The van der Waals surface area contributed by atoms with Crippen LogP contribution in [0.15, 0.2) is 67.3 Å². The van der Waals surface area contributed by atoms with Crippen LogP contribution < -0.4 is 9.47 Å². The Morgan fingerprint density at radius 2 is 1.80 bits per heavy atom. The number of aliphatic hydroxyl groups excluding tert-OH is 1. The van der Waals surface area contributed by atoms with E-state index in [9.17, 15) is 5.11 Å². The van der Waals surface area contributed by atoms with E-state index in [1.807, 2.05) is 59.3 Å². The van der Waals surface area contributed by atoms with Crippen molar-refractivity contribution in [2.24, 2.45) is 0 Å². The molecule has 1 aromatic heterocycles. The van der Waals surface area contributed by atoms with Crippen LogP contribution in [-0.2, 0) is 17.7 Å². The molecule has 1 unspecified atom stereocenters. The van der Waals surface area contributed by atoms with Gasteiger partial charge in [-0.25, -0.2) is 4.68 Å². The summed E-state index contributed by atoms with van der Waals surface area (Å²) in [6.07, 6.45) is 2.81. The zero-order valence-electron chi connectivity index (χ0n) is 21.0. The van der Waals surface area contributed by atoms with E-state index < -0.39 is 6.10 Å². The number of hydrogen-bond acceptors (Lipinski definition) is 6. The maximum absolute atomic E-state index is 10.5. The molecule has 0 amide bonds. The molecule has 7 heteroatoms. The number of rotatable bonds is 15. The molecule has 0 fully saturated rings. The molecule has 1 N–H and O–H groups in total. The van der Waals surface area contributed by atoms with Gasteiger partial charge in [-0.05, 0) is 55.8 Å². The number of para-hydroxylation sites is 1. The Labute approximate surface area is 208 Å². The second-order valence-electron chi connectivity index (χ2n) is 8.32. The van der Waals surface area contributed by atoms with E-state index in [2.05, 4.69) is 25.3 Å². The highest BCUT2D eigenvalue weighted by Gasteiger charge is 2.23. The Bertz CT molecular complexity index is 1030. The topological polar surface area (TPSA) is 69.0 Å². The summed E-state index contributed by atoms with van der Waals surface area (Å²) in [7, 11) is 1.64. The number of benzene rings is 2. The monoisotopic (exact) mass is 479 g/mol. The van der Waals surface area contributed by atoms with Crippen LogP contribution in [0.2, 0.25) is 0 Å². The Morgan fingerprint density at radius 3 is 2.43 bits per heavy atom. The summed E-state index contributed by atoms with van der Waals surface area (Å²) in [5.74, 6) is 2.15. The zero-order valence-corrected chi connectivity index (χ0v) is 21.0. The lowest BCUT2D eigenvalue weighted by atomic mass is 10.1. The number of aromatic nitrogens is 2. The third kappa shape index (κ3) is 7.42. The van der Waals surface area contributed by atoms with E-state index in [4.69, 9.17) is 19.3 Å². The lowest BCUT2D eigenvalue weighted by Crippen LogP contribution is -2.35. The molecule has 0 aliphatic heterocycles. The van der Waals surface area contributed by atoms with E-state index in [0.717, 1.165) is 42.1 Å². The Balaban J connectivity index is 1.95. The number of methoxy groups -OCH3 is 1. The van der Waals surface area contributed by atoms with Gasteiger partial charge in [0.15, 0.2) is 0 Å². The van der Waals surface area contributed by atoms with Gasteiger partial charge in [-0.3, -0.25) is 4.90 Å². The molecule has 1 atom stereocenters. The molecular weight excluding hydrogens is 442 g/mol. The van der Waals surface area contributed by atoms with E-state index in [0.29, 0.717) is 31.3 Å². The third-order valence-electron chi connectivity index (χ3n) is 5.57. The normalized spacial score (nSPS) is 12.0. The third-order valence-corrected chi connectivity index (χ3v) is 5.57. The minimum absolute atomic E-state index is 0.269. The maximum atomic E-state index is 10.5. The minimum atomic E-state index is -0.596. The van der Waals surface area contributed by atoms with Crippen LogP contribution in [0.1, 0.15) is 31.5 Å². The van der Waals surface area contributed by atoms with Crippen molar-refractivity contribution in [2.45, 2.75) is 39.3 Å². The highest BCUT2D eigenvalue weighted by molar-refractivity contribution is 5.44. The van der Waals surface area contributed by atoms with Crippen molar-refractivity contribution in [1.29, 1.82) is 0 Å². The molecule has 0 saturated heterocycles. The summed E-state index contributed by atoms with van der Waals surface area (Å²) >= 11 is 0. The van der Waals surface area contributed by atoms with Crippen molar-refractivity contribution >= 4 is 0 Å². The fourth-order valence-electron chi connectivity index (χ4n) is 3.94. The van der Waals surface area contributed by atoms with Gasteiger partial charge in [-0.2, -0.15) is 5.10 Å². The van der Waals surface area contributed by atoms with E-state index in [1.165, 1.54) is 0 Å². The fourth-order valence-corrected chi connectivity index (χ4v) is 3.94. The SMILES string of the molecule is C=CCOCC(O)CN(CCC)Cc1c(CC)nn(-c2ccccc2)c1Oc1ccc(OC)cc1. The molecule has 0 radical (unpaired) electrons. The largest absolute Gasteiger partial charge is 0.497 e. The van der Waals surface area contributed by atoms with Gasteiger partial charge in [0.05, 0.1) is 43.4 Å². The lowest BCUT2D eigenvalue weighted by Gasteiger charge is -2.25. The quantitative estimate of drug-likeness (QED) is 0.244. The molecule has 3 aromatic rings. The molecule has 35 heavy (non-hydrogen) atoms. The molecule has 0 saturated carbocycles. The summed E-state index contributed by atoms with van der Waals surface area (Å²) < 4.78 is 19.1. The first-order valence-corrected chi connectivity index (χ1v) is 12.2. The summed E-state index contributed by atoms with van der Waals surface area (Å²) in [6, 6.07) is 17.5. The van der Waals surface area contributed by atoms with Crippen LogP contribution in [-0.4, -0.2) is 59.3 Å². The highest BCUT2D eigenvalue weighted by atomic mass is 16.5. The number of aryl methyl sites for hydroxylation is 1. The Hall–Kier alpha value is -3.13. The van der Waals surface area contributed by atoms with Crippen molar-refractivity contribution in [3.05, 3.63) is 78.5 Å². The predicted octanol–water partition coefficient (Wildman–Crippen LogP) is 5.01. The summed E-state index contributed by atoms with van der Waals surface area (Å²) in [4.78, 5) is 2.23. The van der Waals surface area contributed by atoms with E-state index in [-0.39, 0.29) is 6.61 Å². The van der Waals surface area contributed by atoms with Gasteiger partial charge in [0, 0.05) is 13.1 Å². The molecule has 2 aromatic carbocycles. The standard InChI is InChI=1S/C28H37N3O4/c1-5-17-30(19-23(32)21-34-18-6-2)20-26-27(7-3)29-31(22-11-9-8-10-12-22)28(26)35-25-15-13-24(33-4)14-16-25/h6,8-16,23,32H,2,5,7,17-21H2,1,3-4H3. The molecule has 0 aliphatic rings. The average molecular weight is 480 g/mol. The number of aliphatic hydroxyl groups is 1. The van der Waals surface area contributed by atoms with Crippen molar-refractivity contribution in [3.8, 4) is 23.1 Å².